The van der Waals surface area contributed by atoms with Crippen LogP contribution in [0, 0.1) is 0 Å². The summed E-state index contributed by atoms with van der Waals surface area (Å²) >= 11 is 0. The molecule has 5 atom stereocenters. The first kappa shape index (κ1) is 15.9. The third kappa shape index (κ3) is 2.92. The van der Waals surface area contributed by atoms with Gasteiger partial charge in [0.2, 0.25) is 0 Å². The van der Waals surface area contributed by atoms with E-state index in [4.69, 9.17) is 10.5 Å². The molecule has 1 aliphatic heterocycles. The van der Waals surface area contributed by atoms with Gasteiger partial charge in [-0.05, 0) is 20.2 Å². The van der Waals surface area contributed by atoms with Crippen LogP contribution in [0.25, 0.3) is 0 Å². The van der Waals surface area contributed by atoms with Crippen molar-refractivity contribution in [2.45, 2.75) is 30.6 Å². The Kier molecular flexibility index (Phi) is 4.59. The topological polar surface area (TPSA) is 134 Å². The first-order chi connectivity index (χ1) is 9.86. The van der Waals surface area contributed by atoms with E-state index in [1.165, 1.54) is 16.8 Å². The summed E-state index contributed by atoms with van der Waals surface area (Å²) in [7, 11) is 3.37. The molecule has 2 rings (SSSR count). The maximum Gasteiger partial charge on any atom is 0.351 e. The molecule has 0 saturated carbocycles. The van der Waals surface area contributed by atoms with Crippen LogP contribution in [0.15, 0.2) is 17.1 Å². The number of hydrogen-bond acceptors (Lipinski definition) is 8. The molecule has 2 heterocycles. The highest BCUT2D eigenvalue weighted by Gasteiger charge is 2.46. The number of hydrogen-bond donors (Lipinski definition) is 4. The van der Waals surface area contributed by atoms with Gasteiger partial charge in [-0.15, -0.1) is 0 Å². The molecule has 5 N–H and O–H groups in total. The molecule has 0 aromatic carbocycles. The van der Waals surface area contributed by atoms with Gasteiger partial charge < -0.3 is 25.8 Å². The zero-order valence-corrected chi connectivity index (χ0v) is 11.8. The standard InChI is InChI=1S/C12H20N4O5/c1-15(2)8-10(19)9(18)6(5-17)21-11(8)16-4-3-7(13)14-12(16)20/h3-4,6,8-11,17-19H,5H2,1-2H3,(H2,13,14,20). The summed E-state index contributed by atoms with van der Waals surface area (Å²) < 4.78 is 6.76. The van der Waals surface area contributed by atoms with Crippen molar-refractivity contribution in [2.24, 2.45) is 0 Å². The Labute approximate surface area is 121 Å². The van der Waals surface area contributed by atoms with Crippen LogP contribution < -0.4 is 11.4 Å². The molecule has 1 saturated heterocycles. The lowest BCUT2D eigenvalue weighted by atomic mass is 9.95. The van der Waals surface area contributed by atoms with Gasteiger partial charge in [0, 0.05) is 6.20 Å². The summed E-state index contributed by atoms with van der Waals surface area (Å²) in [5.41, 5.74) is 4.82. The van der Waals surface area contributed by atoms with Crippen molar-refractivity contribution < 1.29 is 20.1 Å². The first-order valence-corrected chi connectivity index (χ1v) is 6.50. The molecule has 1 aliphatic rings. The van der Waals surface area contributed by atoms with E-state index in [2.05, 4.69) is 4.98 Å². The SMILES string of the molecule is CN(C)C1C(O)C(O)C(CO)OC1n1ccc(N)nc1=O. The normalized spacial score (nSPS) is 33.3. The maximum atomic E-state index is 12.0. The van der Waals surface area contributed by atoms with Crippen molar-refractivity contribution in [1.29, 1.82) is 0 Å². The van der Waals surface area contributed by atoms with E-state index in [-0.39, 0.29) is 5.82 Å². The van der Waals surface area contributed by atoms with E-state index < -0.39 is 42.9 Å². The minimum Gasteiger partial charge on any atom is -0.394 e. The Bertz CT molecular complexity index is 549. The molecule has 0 aliphatic carbocycles. The minimum absolute atomic E-state index is 0.0766. The highest BCUT2D eigenvalue weighted by molar-refractivity contribution is 5.23. The fourth-order valence-corrected chi connectivity index (χ4v) is 2.49. The van der Waals surface area contributed by atoms with Gasteiger partial charge in [-0.1, -0.05) is 0 Å². The molecule has 5 unspecified atom stereocenters. The van der Waals surface area contributed by atoms with Gasteiger partial charge in [-0.2, -0.15) is 4.98 Å². The van der Waals surface area contributed by atoms with Crippen LogP contribution >= 0.6 is 0 Å². The summed E-state index contributed by atoms with van der Waals surface area (Å²) in [6.45, 7) is -0.480. The quantitative estimate of drug-likeness (QED) is 0.476. The second-order valence-electron chi connectivity index (χ2n) is 5.23. The number of nitrogens with zero attached hydrogens (tertiary/aromatic N) is 3. The number of nitrogen functional groups attached to an aromatic ring is 1. The molecule has 1 aromatic heterocycles. The monoisotopic (exact) mass is 300 g/mol. The summed E-state index contributed by atoms with van der Waals surface area (Å²) in [5.74, 6) is 0.0766. The van der Waals surface area contributed by atoms with Crippen molar-refractivity contribution in [3.63, 3.8) is 0 Å². The largest absolute Gasteiger partial charge is 0.394 e. The van der Waals surface area contributed by atoms with E-state index in [9.17, 15) is 20.1 Å². The third-order valence-electron chi connectivity index (χ3n) is 3.59. The maximum absolute atomic E-state index is 12.0. The number of aliphatic hydroxyl groups excluding tert-OH is 3. The van der Waals surface area contributed by atoms with Crippen LogP contribution in [0.1, 0.15) is 6.23 Å². The lowest BCUT2D eigenvalue weighted by molar-refractivity contribution is -0.232. The molecule has 0 bridgehead atoms. The van der Waals surface area contributed by atoms with Crippen molar-refractivity contribution >= 4 is 5.82 Å². The van der Waals surface area contributed by atoms with Crippen LogP contribution in [0.5, 0.6) is 0 Å². The molecule has 1 fully saturated rings. The predicted octanol–water partition coefficient (Wildman–Crippen LogP) is -2.63. The molecule has 21 heavy (non-hydrogen) atoms. The number of rotatable bonds is 3. The van der Waals surface area contributed by atoms with Gasteiger partial charge in [0.05, 0.1) is 12.6 Å². The van der Waals surface area contributed by atoms with Crippen LogP contribution in [0.2, 0.25) is 0 Å². The first-order valence-electron chi connectivity index (χ1n) is 6.50. The molecular formula is C12H20N4O5. The Balaban J connectivity index is 2.44. The molecule has 9 nitrogen and oxygen atoms in total. The molecule has 118 valence electrons. The van der Waals surface area contributed by atoms with Crippen LogP contribution in [-0.2, 0) is 4.74 Å². The average molecular weight is 300 g/mol. The number of ether oxygens (including phenoxy) is 1. The highest BCUT2D eigenvalue weighted by atomic mass is 16.5. The van der Waals surface area contributed by atoms with Crippen molar-refractivity contribution in [2.75, 3.05) is 26.4 Å². The number of anilines is 1. The minimum atomic E-state index is -1.25. The van der Waals surface area contributed by atoms with Gasteiger partial charge >= 0.3 is 5.69 Å². The molecule has 9 heteroatoms. The van der Waals surface area contributed by atoms with Crippen LogP contribution in [0.3, 0.4) is 0 Å². The second kappa shape index (κ2) is 6.08. The van der Waals surface area contributed by atoms with Gasteiger partial charge in [0.15, 0.2) is 6.23 Å². The third-order valence-corrected chi connectivity index (χ3v) is 3.59. The van der Waals surface area contributed by atoms with Gasteiger partial charge in [0.1, 0.15) is 24.1 Å². The summed E-state index contributed by atoms with van der Waals surface area (Å²) in [6.07, 6.45) is -2.94. The fraction of sp³-hybridized carbons (Fsp3) is 0.667. The zero-order valence-electron chi connectivity index (χ0n) is 11.8. The fourth-order valence-electron chi connectivity index (χ4n) is 2.49. The van der Waals surface area contributed by atoms with Gasteiger partial charge in [-0.25, -0.2) is 4.79 Å². The molecular weight excluding hydrogens is 280 g/mol. The van der Waals surface area contributed by atoms with E-state index in [1.807, 2.05) is 0 Å². The van der Waals surface area contributed by atoms with E-state index in [0.717, 1.165) is 0 Å². The lowest BCUT2D eigenvalue weighted by Crippen LogP contribution is -2.61. The Morgan fingerprint density at radius 1 is 1.43 bits per heavy atom. The number of likely N-dealkylation sites (N-methyl/N-ethyl adjacent to an activating group) is 1. The van der Waals surface area contributed by atoms with Crippen molar-refractivity contribution in [1.82, 2.24) is 14.5 Å². The Hall–Kier alpha value is -1.52. The lowest BCUT2D eigenvalue weighted by Gasteiger charge is -2.45. The predicted molar refractivity (Wildman–Crippen MR) is 73.4 cm³/mol. The summed E-state index contributed by atoms with van der Waals surface area (Å²) in [5, 5.41) is 29.4. The summed E-state index contributed by atoms with van der Waals surface area (Å²) in [6, 6.07) is 0.744. The van der Waals surface area contributed by atoms with E-state index in [1.54, 1.807) is 19.0 Å². The molecule has 1 aromatic rings. The summed E-state index contributed by atoms with van der Waals surface area (Å²) in [4.78, 5) is 17.2. The smallest absolute Gasteiger partial charge is 0.351 e. The Morgan fingerprint density at radius 2 is 2.10 bits per heavy atom. The number of aromatic nitrogens is 2. The molecule has 0 spiro atoms. The molecule has 0 radical (unpaired) electrons. The van der Waals surface area contributed by atoms with Crippen molar-refractivity contribution in [3.8, 4) is 0 Å². The Morgan fingerprint density at radius 3 is 2.62 bits per heavy atom. The second-order valence-corrected chi connectivity index (χ2v) is 5.23. The number of nitrogens with two attached hydrogens (primary N) is 1. The van der Waals surface area contributed by atoms with Gasteiger partial charge in [0.25, 0.3) is 0 Å². The average Bonchev–Trinajstić information content (AvgIpc) is 2.41. The van der Waals surface area contributed by atoms with Crippen LogP contribution in [-0.4, -0.2) is 74.8 Å². The van der Waals surface area contributed by atoms with Crippen molar-refractivity contribution in [3.05, 3.63) is 22.7 Å². The van der Waals surface area contributed by atoms with Gasteiger partial charge in [-0.3, -0.25) is 9.47 Å². The highest BCUT2D eigenvalue weighted by Crippen LogP contribution is 2.29. The number of aliphatic hydroxyl groups is 3. The molecule has 0 amide bonds. The van der Waals surface area contributed by atoms with E-state index >= 15 is 0 Å². The van der Waals surface area contributed by atoms with E-state index in [0.29, 0.717) is 0 Å². The zero-order chi connectivity index (χ0) is 15.7. The van der Waals surface area contributed by atoms with Crippen LogP contribution in [0.4, 0.5) is 5.82 Å².